The molecule has 0 fully saturated rings. The Bertz CT molecular complexity index is 239. The molecule has 0 spiro atoms. The number of amides is 1. The van der Waals surface area contributed by atoms with Crippen LogP contribution >= 0.6 is 0 Å². The van der Waals surface area contributed by atoms with Gasteiger partial charge in [-0.2, -0.15) is 0 Å². The van der Waals surface area contributed by atoms with E-state index in [1.54, 1.807) is 5.48 Å². The van der Waals surface area contributed by atoms with Gasteiger partial charge in [-0.25, -0.2) is 5.48 Å². The predicted octanol–water partition coefficient (Wildman–Crippen LogP) is 5.22. The van der Waals surface area contributed by atoms with Crippen molar-refractivity contribution in [2.45, 2.75) is 97.8 Å². The van der Waals surface area contributed by atoms with Crippen LogP contribution in [0.25, 0.3) is 0 Å². The van der Waals surface area contributed by atoms with Crippen LogP contribution in [0.4, 0.5) is 0 Å². The van der Waals surface area contributed by atoms with E-state index < -0.39 is 5.41 Å². The van der Waals surface area contributed by atoms with Gasteiger partial charge in [0.05, 0.1) is 0 Å². The minimum Gasteiger partial charge on any atom is -0.289 e. The largest absolute Gasteiger partial charge is 0.289 e. The van der Waals surface area contributed by atoms with Crippen LogP contribution < -0.4 is 5.48 Å². The van der Waals surface area contributed by atoms with Gasteiger partial charge in [0, 0.05) is 5.41 Å². The molecule has 0 aliphatic heterocycles. The Hall–Kier alpha value is -0.570. The molecule has 3 nitrogen and oxygen atoms in total. The molecule has 20 heavy (non-hydrogen) atoms. The minimum atomic E-state index is -0.450. The maximum Gasteiger partial charge on any atom is 0.248 e. The van der Waals surface area contributed by atoms with E-state index in [-0.39, 0.29) is 5.91 Å². The topological polar surface area (TPSA) is 49.3 Å². The molecule has 1 amide bonds. The highest BCUT2D eigenvalue weighted by Gasteiger charge is 2.26. The van der Waals surface area contributed by atoms with E-state index in [0.29, 0.717) is 0 Å². The monoisotopic (exact) mass is 285 g/mol. The first kappa shape index (κ1) is 19.4. The molecule has 0 saturated heterocycles. The van der Waals surface area contributed by atoms with E-state index >= 15 is 0 Å². The number of carbonyl (C=O) groups is 1. The van der Waals surface area contributed by atoms with Gasteiger partial charge in [-0.05, 0) is 6.42 Å². The van der Waals surface area contributed by atoms with Gasteiger partial charge in [0.2, 0.25) is 5.91 Å². The lowest BCUT2D eigenvalue weighted by atomic mass is 9.86. The lowest BCUT2D eigenvalue weighted by Crippen LogP contribution is -2.34. The van der Waals surface area contributed by atoms with Gasteiger partial charge < -0.3 is 0 Å². The molecule has 0 aliphatic carbocycles. The van der Waals surface area contributed by atoms with E-state index in [2.05, 4.69) is 6.92 Å². The highest BCUT2D eigenvalue weighted by atomic mass is 16.5. The molecule has 0 aromatic rings. The summed E-state index contributed by atoms with van der Waals surface area (Å²) >= 11 is 0. The zero-order chi connectivity index (χ0) is 15.3. The van der Waals surface area contributed by atoms with Crippen LogP contribution in [0.5, 0.6) is 0 Å². The summed E-state index contributed by atoms with van der Waals surface area (Å²) in [5.74, 6) is -0.274. The van der Waals surface area contributed by atoms with Crippen molar-refractivity contribution in [3.8, 4) is 0 Å². The van der Waals surface area contributed by atoms with Crippen LogP contribution in [0.3, 0.4) is 0 Å². The third kappa shape index (κ3) is 10.2. The van der Waals surface area contributed by atoms with Crippen LogP contribution in [-0.4, -0.2) is 11.1 Å². The molecule has 0 bridgehead atoms. The maximum absolute atomic E-state index is 11.4. The average Bonchev–Trinajstić information content (AvgIpc) is 2.43. The van der Waals surface area contributed by atoms with Gasteiger partial charge in [-0.15, -0.1) is 0 Å². The quantitative estimate of drug-likeness (QED) is 0.277. The molecule has 0 aromatic carbocycles. The van der Waals surface area contributed by atoms with Gasteiger partial charge in [0.1, 0.15) is 0 Å². The van der Waals surface area contributed by atoms with Crippen LogP contribution in [0.1, 0.15) is 97.8 Å². The predicted molar refractivity (Wildman–Crippen MR) is 84.8 cm³/mol. The normalized spacial score (nSPS) is 11.6. The molecule has 0 heterocycles. The van der Waals surface area contributed by atoms with Crippen LogP contribution in [0.15, 0.2) is 0 Å². The summed E-state index contributed by atoms with van der Waals surface area (Å²) in [6.45, 7) is 6.02. The fourth-order valence-electron chi connectivity index (χ4n) is 2.50. The Labute approximate surface area is 125 Å². The summed E-state index contributed by atoms with van der Waals surface area (Å²) in [6.07, 6.45) is 15.3. The molecule has 0 aliphatic rings. The SMILES string of the molecule is CCCCCCCCCCCCCC(C)(C)C(=O)NO. The molecular formula is C17H35NO2. The molecule has 3 heteroatoms. The molecule has 2 N–H and O–H groups in total. The van der Waals surface area contributed by atoms with Crippen molar-refractivity contribution < 1.29 is 10.0 Å². The lowest BCUT2D eigenvalue weighted by molar-refractivity contribution is -0.138. The van der Waals surface area contributed by atoms with E-state index in [9.17, 15) is 4.79 Å². The smallest absolute Gasteiger partial charge is 0.248 e. The number of unbranched alkanes of at least 4 members (excludes halogenated alkanes) is 10. The average molecular weight is 285 g/mol. The van der Waals surface area contributed by atoms with Gasteiger partial charge in [-0.1, -0.05) is 91.4 Å². The van der Waals surface area contributed by atoms with Crippen molar-refractivity contribution in [2.24, 2.45) is 5.41 Å². The second-order valence-electron chi connectivity index (χ2n) is 6.61. The zero-order valence-electron chi connectivity index (χ0n) is 13.8. The first-order valence-corrected chi connectivity index (χ1v) is 8.49. The first-order valence-electron chi connectivity index (χ1n) is 8.49. The van der Waals surface area contributed by atoms with Crippen molar-refractivity contribution in [3.05, 3.63) is 0 Å². The van der Waals surface area contributed by atoms with Crippen LogP contribution in [-0.2, 0) is 4.79 Å². The van der Waals surface area contributed by atoms with Crippen molar-refractivity contribution in [1.29, 1.82) is 0 Å². The number of carbonyl (C=O) groups excluding carboxylic acids is 1. The van der Waals surface area contributed by atoms with Crippen molar-refractivity contribution in [3.63, 3.8) is 0 Å². The van der Waals surface area contributed by atoms with Gasteiger partial charge in [0.25, 0.3) is 0 Å². The fourth-order valence-corrected chi connectivity index (χ4v) is 2.50. The van der Waals surface area contributed by atoms with Gasteiger partial charge >= 0.3 is 0 Å². The third-order valence-electron chi connectivity index (χ3n) is 4.12. The molecule has 0 unspecified atom stereocenters. The van der Waals surface area contributed by atoms with E-state index in [1.165, 1.54) is 64.2 Å². The summed E-state index contributed by atoms with van der Waals surface area (Å²) < 4.78 is 0. The molecule has 0 aromatic heterocycles. The molecule has 0 atom stereocenters. The fraction of sp³-hybridized carbons (Fsp3) is 0.941. The Morgan fingerprint density at radius 3 is 1.65 bits per heavy atom. The van der Waals surface area contributed by atoms with Gasteiger partial charge in [0.15, 0.2) is 0 Å². The summed E-state index contributed by atoms with van der Waals surface area (Å²) in [4.78, 5) is 11.4. The van der Waals surface area contributed by atoms with E-state index in [1.807, 2.05) is 13.8 Å². The standard InChI is InChI=1S/C17H35NO2/c1-4-5-6-7-8-9-10-11-12-13-14-15-17(2,3)16(19)18-20/h20H,4-15H2,1-3H3,(H,18,19). The zero-order valence-corrected chi connectivity index (χ0v) is 13.8. The number of hydrogen-bond donors (Lipinski definition) is 2. The maximum atomic E-state index is 11.4. The minimum absolute atomic E-state index is 0.274. The molecule has 0 rings (SSSR count). The summed E-state index contributed by atoms with van der Waals surface area (Å²) in [7, 11) is 0. The van der Waals surface area contributed by atoms with Crippen LogP contribution in [0, 0.1) is 5.41 Å². The Balaban J connectivity index is 3.30. The highest BCUT2D eigenvalue weighted by molar-refractivity contribution is 5.80. The molecule has 120 valence electrons. The highest BCUT2D eigenvalue weighted by Crippen LogP contribution is 2.24. The van der Waals surface area contributed by atoms with Crippen molar-refractivity contribution in [2.75, 3.05) is 0 Å². The molecule has 0 radical (unpaired) electrons. The summed E-state index contributed by atoms with van der Waals surface area (Å²) in [6, 6.07) is 0. The Morgan fingerprint density at radius 1 is 0.850 bits per heavy atom. The number of hydroxylamine groups is 1. The second-order valence-corrected chi connectivity index (χ2v) is 6.61. The molecular weight excluding hydrogens is 250 g/mol. The third-order valence-corrected chi connectivity index (χ3v) is 4.12. The Kier molecular flexibility index (Phi) is 11.8. The van der Waals surface area contributed by atoms with Crippen molar-refractivity contribution >= 4 is 5.91 Å². The van der Waals surface area contributed by atoms with Crippen LogP contribution in [0.2, 0.25) is 0 Å². The van der Waals surface area contributed by atoms with E-state index in [0.717, 1.165) is 12.8 Å². The van der Waals surface area contributed by atoms with E-state index in [4.69, 9.17) is 5.21 Å². The number of nitrogens with one attached hydrogen (secondary N) is 1. The summed E-state index contributed by atoms with van der Waals surface area (Å²) in [5.41, 5.74) is 1.31. The van der Waals surface area contributed by atoms with Gasteiger partial charge in [-0.3, -0.25) is 10.0 Å². The van der Waals surface area contributed by atoms with Crippen molar-refractivity contribution in [1.82, 2.24) is 5.48 Å². The summed E-state index contributed by atoms with van der Waals surface area (Å²) in [5, 5.41) is 8.65. The number of hydrogen-bond acceptors (Lipinski definition) is 2. The second kappa shape index (κ2) is 12.2. The Morgan fingerprint density at radius 2 is 1.25 bits per heavy atom. The first-order chi connectivity index (χ1) is 9.54. The lowest BCUT2D eigenvalue weighted by Gasteiger charge is -2.21. The number of rotatable bonds is 13. The molecule has 0 saturated carbocycles.